The van der Waals surface area contributed by atoms with Crippen molar-refractivity contribution in [2.75, 3.05) is 24.2 Å². The molecule has 220 valence electrons. The van der Waals surface area contributed by atoms with Gasteiger partial charge in [-0.25, -0.2) is 12.8 Å². The molecule has 0 aromatic heterocycles. The normalized spacial score (nSPS) is 12.0. The molecule has 0 radical (unpaired) electrons. The van der Waals surface area contributed by atoms with Gasteiger partial charge in [0.25, 0.3) is 0 Å². The van der Waals surface area contributed by atoms with E-state index in [1.807, 2.05) is 44.2 Å². The summed E-state index contributed by atoms with van der Waals surface area (Å²) in [5.74, 6) is -0.701. The summed E-state index contributed by atoms with van der Waals surface area (Å²) in [5.41, 5.74) is 1.55. The molecular weight excluding hydrogens is 545 g/mol. The van der Waals surface area contributed by atoms with Crippen LogP contribution in [0.1, 0.15) is 37.8 Å². The molecule has 2 amide bonds. The Hall–Kier alpha value is -3.92. The van der Waals surface area contributed by atoms with E-state index in [9.17, 15) is 22.4 Å². The fourth-order valence-electron chi connectivity index (χ4n) is 4.51. The third-order valence-corrected chi connectivity index (χ3v) is 7.69. The van der Waals surface area contributed by atoms with Crippen LogP contribution in [0.5, 0.6) is 5.75 Å². The molecule has 41 heavy (non-hydrogen) atoms. The lowest BCUT2D eigenvalue weighted by molar-refractivity contribution is -0.141. The number of carbonyl (C=O) groups excluding carboxylic acids is 2. The molecule has 0 saturated heterocycles. The summed E-state index contributed by atoms with van der Waals surface area (Å²) < 4.78 is 46.4. The number of sulfonamides is 1. The molecule has 0 saturated carbocycles. The SMILES string of the molecule is COc1cccc(N(CCCC(=O)N(Cc2ccccc2F)[C@H](Cc2ccccc2)C(=O)NC(C)C)S(C)(=O)=O)c1. The van der Waals surface area contributed by atoms with Crippen molar-refractivity contribution in [3.05, 3.63) is 95.8 Å². The molecule has 0 bridgehead atoms. The molecule has 0 fully saturated rings. The van der Waals surface area contributed by atoms with Crippen LogP contribution in [0.15, 0.2) is 78.9 Å². The van der Waals surface area contributed by atoms with Crippen LogP contribution in [-0.4, -0.2) is 57.1 Å². The molecule has 0 aliphatic heterocycles. The number of carbonyl (C=O) groups is 2. The Morgan fingerprint density at radius 2 is 1.66 bits per heavy atom. The lowest BCUT2D eigenvalue weighted by Crippen LogP contribution is -2.52. The number of benzene rings is 3. The molecule has 0 heterocycles. The molecule has 10 heteroatoms. The number of nitrogens with zero attached hydrogens (tertiary/aromatic N) is 2. The minimum atomic E-state index is -3.66. The van der Waals surface area contributed by atoms with Crippen LogP contribution in [0.4, 0.5) is 10.1 Å². The van der Waals surface area contributed by atoms with Gasteiger partial charge in [0, 0.05) is 43.6 Å². The van der Waals surface area contributed by atoms with Crippen molar-refractivity contribution in [1.29, 1.82) is 0 Å². The van der Waals surface area contributed by atoms with Crippen LogP contribution in [0.2, 0.25) is 0 Å². The second-order valence-corrected chi connectivity index (χ2v) is 12.0. The van der Waals surface area contributed by atoms with Crippen LogP contribution in [0.25, 0.3) is 0 Å². The molecule has 3 aromatic carbocycles. The van der Waals surface area contributed by atoms with E-state index in [-0.39, 0.29) is 55.8 Å². The van der Waals surface area contributed by atoms with Crippen molar-refractivity contribution in [1.82, 2.24) is 10.2 Å². The maximum Gasteiger partial charge on any atom is 0.243 e. The molecule has 0 unspecified atom stereocenters. The monoisotopic (exact) mass is 583 g/mol. The summed E-state index contributed by atoms with van der Waals surface area (Å²) in [4.78, 5) is 28.6. The van der Waals surface area contributed by atoms with Crippen LogP contribution in [0.3, 0.4) is 0 Å². The average molecular weight is 584 g/mol. The summed E-state index contributed by atoms with van der Waals surface area (Å²) in [7, 11) is -2.17. The minimum absolute atomic E-state index is 0.0345. The molecule has 1 N–H and O–H groups in total. The first kappa shape index (κ1) is 31.6. The Bertz CT molecular complexity index is 1420. The van der Waals surface area contributed by atoms with Gasteiger partial charge in [-0.15, -0.1) is 0 Å². The smallest absolute Gasteiger partial charge is 0.243 e. The second-order valence-electron chi connectivity index (χ2n) is 10.1. The molecule has 0 spiro atoms. The Kier molecular flexibility index (Phi) is 11.3. The Balaban J connectivity index is 1.89. The van der Waals surface area contributed by atoms with Gasteiger partial charge in [0.1, 0.15) is 17.6 Å². The predicted octanol–water partition coefficient (Wildman–Crippen LogP) is 4.55. The van der Waals surface area contributed by atoms with Crippen LogP contribution in [-0.2, 0) is 32.6 Å². The number of rotatable bonds is 14. The van der Waals surface area contributed by atoms with E-state index in [0.717, 1.165) is 11.8 Å². The van der Waals surface area contributed by atoms with Gasteiger partial charge in [-0.3, -0.25) is 13.9 Å². The highest BCUT2D eigenvalue weighted by atomic mass is 32.2. The van der Waals surface area contributed by atoms with E-state index < -0.39 is 21.9 Å². The number of halogens is 1. The fourth-order valence-corrected chi connectivity index (χ4v) is 5.47. The highest BCUT2D eigenvalue weighted by Crippen LogP contribution is 2.24. The summed E-state index contributed by atoms with van der Waals surface area (Å²) in [5, 5.41) is 2.90. The van der Waals surface area contributed by atoms with E-state index >= 15 is 0 Å². The van der Waals surface area contributed by atoms with Crippen LogP contribution >= 0.6 is 0 Å². The molecule has 3 rings (SSSR count). The summed E-state index contributed by atoms with van der Waals surface area (Å²) in [6, 6.07) is 21.1. The summed E-state index contributed by atoms with van der Waals surface area (Å²) in [6.45, 7) is 3.59. The lowest BCUT2D eigenvalue weighted by Gasteiger charge is -2.32. The minimum Gasteiger partial charge on any atom is -0.497 e. The number of anilines is 1. The summed E-state index contributed by atoms with van der Waals surface area (Å²) in [6.07, 6.45) is 1.47. The maximum absolute atomic E-state index is 14.7. The van der Waals surface area contributed by atoms with Crippen molar-refractivity contribution in [2.24, 2.45) is 0 Å². The average Bonchev–Trinajstić information content (AvgIpc) is 2.93. The highest BCUT2D eigenvalue weighted by Gasteiger charge is 2.31. The van der Waals surface area contributed by atoms with Gasteiger partial charge in [-0.05, 0) is 44.0 Å². The predicted molar refractivity (Wildman–Crippen MR) is 159 cm³/mol. The second kappa shape index (κ2) is 14.6. The van der Waals surface area contributed by atoms with Crippen molar-refractivity contribution in [3.8, 4) is 5.75 Å². The van der Waals surface area contributed by atoms with Gasteiger partial charge in [0.2, 0.25) is 21.8 Å². The number of nitrogens with one attached hydrogen (secondary N) is 1. The number of methoxy groups -OCH3 is 1. The molecule has 3 aromatic rings. The van der Waals surface area contributed by atoms with Gasteiger partial charge < -0.3 is 15.0 Å². The van der Waals surface area contributed by atoms with Crippen molar-refractivity contribution in [3.63, 3.8) is 0 Å². The van der Waals surface area contributed by atoms with Gasteiger partial charge >= 0.3 is 0 Å². The molecule has 8 nitrogen and oxygen atoms in total. The molecular formula is C31H38FN3O5S. The molecule has 0 aliphatic rings. The first-order chi connectivity index (χ1) is 19.5. The van der Waals surface area contributed by atoms with Crippen molar-refractivity contribution in [2.45, 2.75) is 51.7 Å². The van der Waals surface area contributed by atoms with Crippen molar-refractivity contribution < 1.29 is 27.1 Å². The van der Waals surface area contributed by atoms with Gasteiger partial charge in [0.15, 0.2) is 0 Å². The third kappa shape index (κ3) is 9.31. The van der Waals surface area contributed by atoms with E-state index in [1.165, 1.54) is 22.4 Å². The molecule has 1 atom stereocenters. The van der Waals surface area contributed by atoms with Gasteiger partial charge in [0.05, 0.1) is 19.1 Å². The number of amides is 2. The van der Waals surface area contributed by atoms with E-state index in [0.29, 0.717) is 11.4 Å². The van der Waals surface area contributed by atoms with E-state index in [2.05, 4.69) is 5.32 Å². The lowest BCUT2D eigenvalue weighted by atomic mass is 10.0. The number of hydrogen-bond acceptors (Lipinski definition) is 5. The van der Waals surface area contributed by atoms with Crippen molar-refractivity contribution >= 4 is 27.5 Å². The number of hydrogen-bond donors (Lipinski definition) is 1. The quantitative estimate of drug-likeness (QED) is 0.301. The zero-order chi connectivity index (χ0) is 30.0. The Morgan fingerprint density at radius 3 is 2.29 bits per heavy atom. The van der Waals surface area contributed by atoms with Crippen LogP contribution in [0, 0.1) is 5.82 Å². The zero-order valence-electron chi connectivity index (χ0n) is 23.9. The molecule has 0 aliphatic carbocycles. The highest BCUT2D eigenvalue weighted by molar-refractivity contribution is 7.92. The first-order valence-corrected chi connectivity index (χ1v) is 15.3. The maximum atomic E-state index is 14.7. The number of ether oxygens (including phenoxy) is 1. The Morgan fingerprint density at radius 1 is 0.976 bits per heavy atom. The fraction of sp³-hybridized carbons (Fsp3) is 0.355. The van der Waals surface area contributed by atoms with E-state index in [4.69, 9.17) is 4.74 Å². The summed E-state index contributed by atoms with van der Waals surface area (Å²) >= 11 is 0. The standard InChI is InChI=1S/C31H38FN3O5S/c1-23(2)33-31(37)29(20-24-12-6-5-7-13-24)34(22-25-14-8-9-17-28(25)32)30(36)18-11-19-35(41(4,38)39)26-15-10-16-27(21-26)40-3/h5-10,12-17,21,23,29H,11,18-20,22H2,1-4H3,(H,33,37)/t29-/m1/s1. The van der Waals surface area contributed by atoms with Crippen LogP contribution < -0.4 is 14.4 Å². The first-order valence-electron chi connectivity index (χ1n) is 13.5. The van der Waals surface area contributed by atoms with Gasteiger partial charge in [-0.2, -0.15) is 0 Å². The topological polar surface area (TPSA) is 96.0 Å². The zero-order valence-corrected chi connectivity index (χ0v) is 24.7. The van der Waals surface area contributed by atoms with E-state index in [1.54, 1.807) is 42.5 Å². The Labute approximate surface area is 242 Å². The largest absolute Gasteiger partial charge is 0.497 e. The van der Waals surface area contributed by atoms with Gasteiger partial charge in [-0.1, -0.05) is 54.6 Å². The third-order valence-electron chi connectivity index (χ3n) is 6.49.